The van der Waals surface area contributed by atoms with Crippen molar-refractivity contribution in [2.24, 2.45) is 0 Å². The van der Waals surface area contributed by atoms with Gasteiger partial charge in [-0.15, -0.1) is 0 Å². The number of ether oxygens (including phenoxy) is 1. The zero-order valence-corrected chi connectivity index (χ0v) is 15.9. The van der Waals surface area contributed by atoms with Crippen LogP contribution >= 0.6 is 0 Å². The molecule has 0 heterocycles. The van der Waals surface area contributed by atoms with Gasteiger partial charge in [-0.1, -0.05) is 68.7 Å². The van der Waals surface area contributed by atoms with E-state index in [1.54, 1.807) is 23.8 Å². The SMILES string of the molecule is CCCCC1=CC(CCCC)=C(c2ccc(OC)c3ccccc23)C1. The van der Waals surface area contributed by atoms with Gasteiger partial charge in [0.2, 0.25) is 0 Å². The van der Waals surface area contributed by atoms with E-state index >= 15 is 0 Å². The van der Waals surface area contributed by atoms with E-state index in [-0.39, 0.29) is 0 Å². The molecule has 0 aromatic heterocycles. The van der Waals surface area contributed by atoms with E-state index in [4.69, 9.17) is 4.74 Å². The molecule has 0 fully saturated rings. The maximum Gasteiger partial charge on any atom is 0.126 e. The number of benzene rings is 2. The molecule has 0 radical (unpaired) electrons. The second-order valence-corrected chi connectivity index (χ2v) is 7.05. The molecule has 0 amide bonds. The van der Waals surface area contributed by atoms with E-state index in [9.17, 15) is 0 Å². The van der Waals surface area contributed by atoms with Gasteiger partial charge in [0.1, 0.15) is 5.75 Å². The number of rotatable bonds is 8. The van der Waals surface area contributed by atoms with Crippen LogP contribution in [-0.2, 0) is 0 Å². The topological polar surface area (TPSA) is 9.23 Å². The van der Waals surface area contributed by atoms with Crippen LogP contribution in [0.4, 0.5) is 0 Å². The van der Waals surface area contributed by atoms with Crippen molar-refractivity contribution in [2.45, 2.75) is 58.8 Å². The first-order chi connectivity index (χ1) is 12.3. The summed E-state index contributed by atoms with van der Waals surface area (Å²) in [6.07, 6.45) is 11.1. The van der Waals surface area contributed by atoms with Gasteiger partial charge in [-0.2, -0.15) is 0 Å². The van der Waals surface area contributed by atoms with E-state index in [2.05, 4.69) is 56.3 Å². The Balaban J connectivity index is 2.03. The lowest BCUT2D eigenvalue weighted by atomic mass is 9.92. The number of hydrogen-bond donors (Lipinski definition) is 0. The van der Waals surface area contributed by atoms with Crippen LogP contribution < -0.4 is 4.74 Å². The molecule has 3 rings (SSSR count). The van der Waals surface area contributed by atoms with Crippen LogP contribution in [0, 0.1) is 0 Å². The molecule has 2 aromatic carbocycles. The van der Waals surface area contributed by atoms with Gasteiger partial charge in [0.05, 0.1) is 7.11 Å². The zero-order chi connectivity index (χ0) is 17.6. The molecule has 0 atom stereocenters. The Morgan fingerprint density at radius 3 is 2.32 bits per heavy atom. The molecule has 1 heteroatoms. The van der Waals surface area contributed by atoms with Gasteiger partial charge in [0, 0.05) is 5.39 Å². The fraction of sp³-hybridized carbons (Fsp3) is 0.417. The highest BCUT2D eigenvalue weighted by Crippen LogP contribution is 2.41. The molecule has 1 aliphatic carbocycles. The van der Waals surface area contributed by atoms with Crippen molar-refractivity contribution in [3.63, 3.8) is 0 Å². The minimum atomic E-state index is 0.965. The van der Waals surface area contributed by atoms with E-state index in [1.807, 2.05) is 0 Å². The summed E-state index contributed by atoms with van der Waals surface area (Å²) in [6, 6.07) is 13.0. The second kappa shape index (κ2) is 8.38. The number of hydrogen-bond acceptors (Lipinski definition) is 1. The summed E-state index contributed by atoms with van der Waals surface area (Å²) < 4.78 is 5.58. The minimum absolute atomic E-state index is 0.965. The third-order valence-corrected chi connectivity index (χ3v) is 5.25. The Morgan fingerprint density at radius 1 is 0.880 bits per heavy atom. The van der Waals surface area contributed by atoms with Gasteiger partial charge in [-0.25, -0.2) is 0 Å². The third kappa shape index (κ3) is 3.81. The number of methoxy groups -OCH3 is 1. The summed E-state index contributed by atoms with van der Waals surface area (Å²) >= 11 is 0. The van der Waals surface area contributed by atoms with Gasteiger partial charge in [0.15, 0.2) is 0 Å². The van der Waals surface area contributed by atoms with Crippen molar-refractivity contribution in [3.8, 4) is 5.75 Å². The monoisotopic (exact) mass is 334 g/mol. The van der Waals surface area contributed by atoms with Crippen LogP contribution in [-0.4, -0.2) is 7.11 Å². The Kier molecular flexibility index (Phi) is 5.96. The predicted octanol–water partition coefficient (Wildman–Crippen LogP) is 7.31. The van der Waals surface area contributed by atoms with Crippen molar-refractivity contribution in [1.29, 1.82) is 0 Å². The molecule has 2 aromatic rings. The molecule has 0 bridgehead atoms. The van der Waals surface area contributed by atoms with Crippen LogP contribution in [0.1, 0.15) is 64.4 Å². The molecule has 1 nitrogen and oxygen atoms in total. The van der Waals surface area contributed by atoms with Crippen molar-refractivity contribution in [1.82, 2.24) is 0 Å². The van der Waals surface area contributed by atoms with Gasteiger partial charge < -0.3 is 4.74 Å². The molecular weight excluding hydrogens is 304 g/mol. The lowest BCUT2D eigenvalue weighted by molar-refractivity contribution is 0.420. The Bertz CT molecular complexity index is 795. The van der Waals surface area contributed by atoms with E-state index in [0.29, 0.717) is 0 Å². The number of unbranched alkanes of at least 4 members (excludes halogenated alkanes) is 2. The lowest BCUT2D eigenvalue weighted by Crippen LogP contribution is -1.92. The first kappa shape index (κ1) is 17.8. The summed E-state index contributed by atoms with van der Waals surface area (Å²) in [4.78, 5) is 0. The highest BCUT2D eigenvalue weighted by atomic mass is 16.5. The molecule has 0 unspecified atom stereocenters. The molecule has 0 aliphatic heterocycles. The Labute approximate surface area is 152 Å². The fourth-order valence-corrected chi connectivity index (χ4v) is 3.86. The molecule has 0 spiro atoms. The van der Waals surface area contributed by atoms with Gasteiger partial charge in [-0.3, -0.25) is 0 Å². The van der Waals surface area contributed by atoms with E-state index in [1.165, 1.54) is 54.9 Å². The maximum atomic E-state index is 5.58. The van der Waals surface area contributed by atoms with Crippen LogP contribution in [0.25, 0.3) is 16.3 Å². The van der Waals surface area contributed by atoms with Crippen molar-refractivity contribution < 1.29 is 4.74 Å². The number of fused-ring (bicyclic) bond motifs is 1. The first-order valence-electron chi connectivity index (χ1n) is 9.76. The summed E-state index contributed by atoms with van der Waals surface area (Å²) in [7, 11) is 1.76. The summed E-state index contributed by atoms with van der Waals surface area (Å²) in [5, 5.41) is 2.53. The van der Waals surface area contributed by atoms with Gasteiger partial charge in [-0.05, 0) is 60.3 Å². The Hall–Kier alpha value is -2.02. The van der Waals surface area contributed by atoms with Gasteiger partial charge in [0.25, 0.3) is 0 Å². The van der Waals surface area contributed by atoms with Gasteiger partial charge >= 0.3 is 0 Å². The van der Waals surface area contributed by atoms with Crippen molar-refractivity contribution >= 4 is 16.3 Å². The van der Waals surface area contributed by atoms with E-state index in [0.717, 1.165) is 12.2 Å². The molecular formula is C24H30O. The molecule has 25 heavy (non-hydrogen) atoms. The lowest BCUT2D eigenvalue weighted by Gasteiger charge is -2.14. The number of allylic oxidation sites excluding steroid dienone is 4. The van der Waals surface area contributed by atoms with Crippen molar-refractivity contribution in [2.75, 3.05) is 7.11 Å². The minimum Gasteiger partial charge on any atom is -0.496 e. The molecule has 132 valence electrons. The summed E-state index contributed by atoms with van der Waals surface area (Å²) in [6.45, 7) is 4.55. The normalized spacial score (nSPS) is 14.3. The summed E-state index contributed by atoms with van der Waals surface area (Å²) in [5.74, 6) is 0.965. The standard InChI is InChI=1S/C24H30O/c1-4-6-10-18-16-19(11-7-5-2)23(17-18)21-14-15-24(25-3)22-13-9-8-12-20(21)22/h8-9,12-16H,4-7,10-11,17H2,1-3H3. The first-order valence-corrected chi connectivity index (χ1v) is 9.76. The quantitative estimate of drug-likeness (QED) is 0.491. The highest BCUT2D eigenvalue weighted by molar-refractivity contribution is 5.99. The molecule has 0 saturated carbocycles. The van der Waals surface area contributed by atoms with E-state index < -0.39 is 0 Å². The zero-order valence-electron chi connectivity index (χ0n) is 15.9. The van der Waals surface area contributed by atoms with Crippen LogP contribution in [0.15, 0.2) is 53.6 Å². The smallest absolute Gasteiger partial charge is 0.126 e. The molecule has 0 saturated heterocycles. The van der Waals surface area contributed by atoms with Crippen LogP contribution in [0.5, 0.6) is 5.75 Å². The Morgan fingerprint density at radius 2 is 1.60 bits per heavy atom. The highest BCUT2D eigenvalue weighted by Gasteiger charge is 2.19. The second-order valence-electron chi connectivity index (χ2n) is 7.05. The fourth-order valence-electron chi connectivity index (χ4n) is 3.86. The molecule has 1 aliphatic rings. The summed E-state index contributed by atoms with van der Waals surface area (Å²) in [5.41, 5.74) is 6.11. The third-order valence-electron chi connectivity index (χ3n) is 5.25. The maximum absolute atomic E-state index is 5.58. The van der Waals surface area contributed by atoms with Crippen molar-refractivity contribution in [3.05, 3.63) is 59.2 Å². The van der Waals surface area contributed by atoms with Crippen LogP contribution in [0.3, 0.4) is 0 Å². The predicted molar refractivity (Wildman–Crippen MR) is 109 cm³/mol. The largest absolute Gasteiger partial charge is 0.496 e. The van der Waals surface area contributed by atoms with Crippen LogP contribution in [0.2, 0.25) is 0 Å². The average molecular weight is 335 g/mol. The average Bonchev–Trinajstić information content (AvgIpc) is 3.06. The molecule has 0 N–H and O–H groups in total.